The van der Waals surface area contributed by atoms with Crippen LogP contribution in [0.4, 0.5) is 11.4 Å². The van der Waals surface area contributed by atoms with Crippen molar-refractivity contribution >= 4 is 29.4 Å². The van der Waals surface area contributed by atoms with Crippen LogP contribution in [0.2, 0.25) is 0 Å². The Kier molecular flexibility index (Phi) is 8.61. The number of pyridine rings is 1. The third kappa shape index (κ3) is 6.15. The number of carbonyl (C=O) groups excluding carboxylic acids is 2. The molecule has 2 atom stereocenters. The van der Waals surface area contributed by atoms with E-state index in [4.69, 9.17) is 28.9 Å². The van der Waals surface area contributed by atoms with Crippen molar-refractivity contribution in [3.05, 3.63) is 136 Å². The van der Waals surface area contributed by atoms with Gasteiger partial charge in [-0.25, -0.2) is 0 Å². The Morgan fingerprint density at radius 1 is 0.667 bits per heavy atom. The van der Waals surface area contributed by atoms with Crippen molar-refractivity contribution in [1.82, 2.24) is 14.8 Å². The molecule has 5 aromatic rings. The molecule has 0 bridgehead atoms. The fraction of sp³-hybridized carbons (Fsp3) is 0.256. The lowest BCUT2D eigenvalue weighted by Gasteiger charge is -2.35. The van der Waals surface area contributed by atoms with Crippen molar-refractivity contribution in [2.45, 2.75) is 51.2 Å². The van der Waals surface area contributed by atoms with E-state index in [2.05, 4.69) is 35.6 Å². The number of methoxy groups -OCH3 is 2. The van der Waals surface area contributed by atoms with Crippen molar-refractivity contribution < 1.29 is 28.5 Å². The van der Waals surface area contributed by atoms with E-state index < -0.39 is 0 Å². The third-order valence-corrected chi connectivity index (χ3v) is 10.7. The minimum absolute atomic E-state index is 0.0278. The predicted octanol–water partition coefficient (Wildman–Crippen LogP) is 6.53. The summed E-state index contributed by atoms with van der Waals surface area (Å²) in [7, 11) is 3.13. The molecule has 54 heavy (non-hydrogen) atoms. The van der Waals surface area contributed by atoms with Gasteiger partial charge in [0, 0.05) is 38.0 Å². The van der Waals surface area contributed by atoms with Gasteiger partial charge in [0.25, 0.3) is 11.8 Å². The largest absolute Gasteiger partial charge is 0.493 e. The lowest BCUT2D eigenvalue weighted by atomic mass is 9.94. The maximum absolute atomic E-state index is 13.8. The lowest BCUT2D eigenvalue weighted by molar-refractivity contribution is 0.0659. The van der Waals surface area contributed by atoms with Gasteiger partial charge in [-0.1, -0.05) is 54.6 Å². The molecule has 1 aromatic heterocycles. The maximum atomic E-state index is 13.8. The molecule has 0 spiro atoms. The minimum Gasteiger partial charge on any atom is -0.493 e. The van der Waals surface area contributed by atoms with Crippen LogP contribution in [0, 0.1) is 0 Å². The zero-order valence-electron chi connectivity index (χ0n) is 30.1. The van der Waals surface area contributed by atoms with E-state index in [1.807, 2.05) is 58.5 Å². The first-order valence-corrected chi connectivity index (χ1v) is 18.1. The van der Waals surface area contributed by atoms with E-state index in [1.165, 1.54) is 16.7 Å². The summed E-state index contributed by atoms with van der Waals surface area (Å²) in [5, 5.41) is 3.50. The van der Waals surface area contributed by atoms with E-state index >= 15 is 0 Å². The Morgan fingerprint density at radius 3 is 1.94 bits per heavy atom. The summed E-state index contributed by atoms with van der Waals surface area (Å²) in [5.41, 5.74) is 8.51. The SMILES string of the molecule is COc1cc2c(cc1OCc1cccc(COc3cc4c(cc3OC)C(=O)N3Cc5ccccc5C[C@H]3CN4)n1)N=C[C@@H]1Cc3ccccc3CN1C2=O. The van der Waals surface area contributed by atoms with Crippen molar-refractivity contribution in [3.8, 4) is 23.0 Å². The smallest absolute Gasteiger partial charge is 0.257 e. The molecule has 1 N–H and O–H groups in total. The second-order valence-corrected chi connectivity index (χ2v) is 14.0. The molecule has 2 amide bonds. The van der Waals surface area contributed by atoms with Gasteiger partial charge in [0.1, 0.15) is 13.2 Å². The molecule has 0 aliphatic carbocycles. The number of ether oxygens (including phenoxy) is 4. The van der Waals surface area contributed by atoms with Gasteiger partial charge in [0.15, 0.2) is 23.0 Å². The highest BCUT2D eigenvalue weighted by atomic mass is 16.5. The molecule has 11 nitrogen and oxygen atoms in total. The molecule has 4 aromatic carbocycles. The number of carbonyl (C=O) groups is 2. The van der Waals surface area contributed by atoms with Crippen molar-refractivity contribution in [2.24, 2.45) is 4.99 Å². The van der Waals surface area contributed by atoms with Crippen molar-refractivity contribution in [1.29, 1.82) is 0 Å². The summed E-state index contributed by atoms with van der Waals surface area (Å²) in [6.07, 6.45) is 3.38. The second kappa shape index (κ2) is 13.9. The van der Waals surface area contributed by atoms with Crippen LogP contribution in [0.3, 0.4) is 0 Å². The van der Waals surface area contributed by atoms with E-state index in [-0.39, 0.29) is 37.1 Å². The number of nitrogens with zero attached hydrogens (tertiary/aromatic N) is 4. The van der Waals surface area contributed by atoms with Crippen LogP contribution in [-0.2, 0) is 39.1 Å². The Balaban J connectivity index is 0.889. The van der Waals surface area contributed by atoms with Crippen LogP contribution in [0.25, 0.3) is 0 Å². The number of anilines is 1. The number of hydrogen-bond donors (Lipinski definition) is 1. The first kappa shape index (κ1) is 33.5. The molecule has 4 aliphatic heterocycles. The zero-order valence-corrected chi connectivity index (χ0v) is 30.1. The number of rotatable bonds is 8. The molecule has 0 saturated heterocycles. The van der Waals surface area contributed by atoms with Gasteiger partial charge in [-0.3, -0.25) is 19.6 Å². The number of aliphatic imine (C=N–C) groups is 1. The highest BCUT2D eigenvalue weighted by molar-refractivity contribution is 6.04. The van der Waals surface area contributed by atoms with Gasteiger partial charge in [-0.15, -0.1) is 0 Å². The molecule has 9 rings (SSSR count). The zero-order chi connectivity index (χ0) is 36.8. The fourth-order valence-corrected chi connectivity index (χ4v) is 7.86. The summed E-state index contributed by atoms with van der Waals surface area (Å²) in [6, 6.07) is 29.2. The number of amides is 2. The van der Waals surface area contributed by atoms with E-state index in [9.17, 15) is 9.59 Å². The summed E-state index contributed by atoms with van der Waals surface area (Å²) in [6.45, 7) is 2.06. The predicted molar refractivity (Wildman–Crippen MR) is 203 cm³/mol. The number of hydrogen-bond acceptors (Lipinski definition) is 9. The molecule has 272 valence electrons. The monoisotopic (exact) mass is 721 g/mol. The number of aromatic nitrogens is 1. The van der Waals surface area contributed by atoms with E-state index in [1.54, 1.807) is 32.4 Å². The third-order valence-electron chi connectivity index (χ3n) is 10.7. The first-order valence-electron chi connectivity index (χ1n) is 18.1. The summed E-state index contributed by atoms with van der Waals surface area (Å²) in [5.74, 6) is 1.76. The average molecular weight is 722 g/mol. The Hall–Kier alpha value is -6.36. The van der Waals surface area contributed by atoms with Crippen LogP contribution >= 0.6 is 0 Å². The fourth-order valence-electron chi connectivity index (χ4n) is 7.86. The van der Waals surface area contributed by atoms with Crippen molar-refractivity contribution in [3.63, 3.8) is 0 Å². The number of fused-ring (bicyclic) bond motifs is 6. The van der Waals surface area contributed by atoms with Gasteiger partial charge in [0.2, 0.25) is 0 Å². The molecule has 0 fully saturated rings. The van der Waals surface area contributed by atoms with Crippen LogP contribution < -0.4 is 24.3 Å². The molecule has 0 radical (unpaired) electrons. The highest BCUT2D eigenvalue weighted by Crippen LogP contribution is 2.40. The van der Waals surface area contributed by atoms with Gasteiger partial charge in [-0.05, 0) is 59.4 Å². The molecular weight excluding hydrogens is 683 g/mol. The quantitative estimate of drug-likeness (QED) is 0.192. The number of nitrogens with one attached hydrogen (secondary N) is 1. The Bertz CT molecular complexity index is 2320. The summed E-state index contributed by atoms with van der Waals surface area (Å²) < 4.78 is 23.9. The molecule has 0 saturated carbocycles. The van der Waals surface area contributed by atoms with Crippen LogP contribution in [-0.4, -0.2) is 65.7 Å². The lowest BCUT2D eigenvalue weighted by Crippen LogP contribution is -2.45. The molecule has 11 heteroatoms. The van der Waals surface area contributed by atoms with Gasteiger partial charge >= 0.3 is 0 Å². The first-order chi connectivity index (χ1) is 26.4. The van der Waals surface area contributed by atoms with Gasteiger partial charge in [-0.2, -0.15) is 0 Å². The van der Waals surface area contributed by atoms with Gasteiger partial charge < -0.3 is 34.1 Å². The standard InChI is InChI=1S/C43H39N5O6/c1-51-38-16-34-36(44-20-32-14-26-8-3-5-10-28(26)22-47(32)42(34)49)18-40(38)53-24-30-12-7-13-31(46-30)25-54-41-19-37-35(17-39(41)52-2)43(50)48-23-29-11-6-4-9-27(29)15-33(48)21-45-37/h3-13,16-20,32-33,45H,14-15,21-25H2,1-2H3/t32-,33-/m0/s1. The molecule has 5 heterocycles. The molecular formula is C43H39N5O6. The normalized spacial score (nSPS) is 18.0. The Labute approximate surface area is 313 Å². The van der Waals surface area contributed by atoms with Crippen molar-refractivity contribution in [2.75, 3.05) is 26.1 Å². The van der Waals surface area contributed by atoms with Crippen LogP contribution in [0.5, 0.6) is 23.0 Å². The minimum atomic E-state index is -0.130. The molecule has 0 unspecified atom stereocenters. The van der Waals surface area contributed by atoms with Gasteiger partial charge in [0.05, 0.1) is 60.2 Å². The topological polar surface area (TPSA) is 115 Å². The maximum Gasteiger partial charge on any atom is 0.257 e. The summed E-state index contributed by atoms with van der Waals surface area (Å²) in [4.78, 5) is 40.9. The Morgan fingerprint density at radius 2 is 1.26 bits per heavy atom. The van der Waals surface area contributed by atoms with Crippen LogP contribution in [0.15, 0.2) is 96.0 Å². The van der Waals surface area contributed by atoms with Crippen LogP contribution in [0.1, 0.15) is 54.4 Å². The summed E-state index contributed by atoms with van der Waals surface area (Å²) >= 11 is 0. The number of benzene rings is 4. The second-order valence-electron chi connectivity index (χ2n) is 14.0. The highest BCUT2D eigenvalue weighted by Gasteiger charge is 2.35. The van der Waals surface area contributed by atoms with E-state index in [0.717, 1.165) is 18.4 Å². The average Bonchev–Trinajstić information content (AvgIpc) is 3.42. The molecule has 4 aliphatic rings. The van der Waals surface area contributed by atoms with E-state index in [0.29, 0.717) is 76.5 Å².